The predicted molar refractivity (Wildman–Crippen MR) is 66.4 cm³/mol. The summed E-state index contributed by atoms with van der Waals surface area (Å²) in [5.41, 5.74) is 0.906. The standard InChI is InChI=1S/C11H7Cl2N3O/c12-9-5-10(13)15-6-8(9)11(17)16-7-1-3-14-4-2-7/h1-6H,(H,14,16,17). The summed E-state index contributed by atoms with van der Waals surface area (Å²) in [7, 11) is 0. The van der Waals surface area contributed by atoms with E-state index < -0.39 is 0 Å². The maximum Gasteiger partial charge on any atom is 0.258 e. The molecule has 4 nitrogen and oxygen atoms in total. The van der Waals surface area contributed by atoms with Gasteiger partial charge in [0.2, 0.25) is 0 Å². The number of aromatic nitrogens is 2. The summed E-state index contributed by atoms with van der Waals surface area (Å²) in [6.45, 7) is 0. The Morgan fingerprint density at radius 1 is 1.24 bits per heavy atom. The van der Waals surface area contributed by atoms with Crippen LogP contribution in [-0.2, 0) is 0 Å². The number of hydrogen-bond acceptors (Lipinski definition) is 3. The van der Waals surface area contributed by atoms with Gasteiger partial charge < -0.3 is 5.32 Å². The van der Waals surface area contributed by atoms with E-state index in [0.717, 1.165) is 0 Å². The highest BCUT2D eigenvalue weighted by Crippen LogP contribution is 2.19. The molecule has 6 heteroatoms. The zero-order valence-corrected chi connectivity index (χ0v) is 10.0. The van der Waals surface area contributed by atoms with E-state index >= 15 is 0 Å². The van der Waals surface area contributed by atoms with Crippen LogP contribution in [0, 0.1) is 0 Å². The number of carbonyl (C=O) groups is 1. The maximum atomic E-state index is 11.8. The predicted octanol–water partition coefficient (Wildman–Crippen LogP) is 3.04. The minimum absolute atomic E-state index is 0.246. The lowest BCUT2D eigenvalue weighted by molar-refractivity contribution is 0.102. The van der Waals surface area contributed by atoms with E-state index in [1.807, 2.05) is 0 Å². The molecule has 0 bridgehead atoms. The number of carbonyl (C=O) groups excluding carboxylic acids is 1. The molecule has 0 aromatic carbocycles. The van der Waals surface area contributed by atoms with Crippen molar-refractivity contribution in [1.29, 1.82) is 0 Å². The topological polar surface area (TPSA) is 54.9 Å². The molecule has 0 aliphatic carbocycles. The highest BCUT2D eigenvalue weighted by Gasteiger charge is 2.11. The molecule has 0 radical (unpaired) electrons. The summed E-state index contributed by atoms with van der Waals surface area (Å²) < 4.78 is 0. The van der Waals surface area contributed by atoms with Gasteiger partial charge in [-0.1, -0.05) is 23.2 Å². The van der Waals surface area contributed by atoms with E-state index in [9.17, 15) is 4.79 Å². The molecule has 0 unspecified atom stereocenters. The first-order chi connectivity index (χ1) is 8.16. The van der Waals surface area contributed by atoms with Crippen molar-refractivity contribution >= 4 is 34.8 Å². The molecule has 2 heterocycles. The van der Waals surface area contributed by atoms with E-state index in [4.69, 9.17) is 23.2 Å². The summed E-state index contributed by atoms with van der Waals surface area (Å²) in [4.78, 5) is 19.5. The maximum absolute atomic E-state index is 11.8. The van der Waals surface area contributed by atoms with Crippen LogP contribution in [0.5, 0.6) is 0 Å². The van der Waals surface area contributed by atoms with E-state index in [2.05, 4.69) is 15.3 Å². The Hall–Kier alpha value is -1.65. The second-order valence-corrected chi connectivity index (χ2v) is 3.97. The summed E-state index contributed by atoms with van der Waals surface area (Å²) in [5, 5.41) is 3.18. The Kier molecular flexibility index (Phi) is 3.56. The lowest BCUT2D eigenvalue weighted by Gasteiger charge is -2.05. The first-order valence-electron chi connectivity index (χ1n) is 4.69. The fourth-order valence-electron chi connectivity index (χ4n) is 1.21. The van der Waals surface area contributed by atoms with Crippen molar-refractivity contribution in [3.8, 4) is 0 Å². The molecule has 0 aliphatic heterocycles. The molecule has 0 fully saturated rings. The molecule has 2 rings (SSSR count). The number of pyridine rings is 2. The summed E-state index contributed by atoms with van der Waals surface area (Å²) in [5.74, 6) is -0.342. The number of nitrogens with zero attached hydrogens (tertiary/aromatic N) is 2. The van der Waals surface area contributed by atoms with Gasteiger partial charge in [-0.2, -0.15) is 0 Å². The van der Waals surface area contributed by atoms with Gasteiger partial charge >= 0.3 is 0 Å². The molecule has 17 heavy (non-hydrogen) atoms. The van der Waals surface area contributed by atoms with Crippen LogP contribution in [0.15, 0.2) is 36.8 Å². The van der Waals surface area contributed by atoms with Crippen LogP contribution < -0.4 is 5.32 Å². The van der Waals surface area contributed by atoms with Gasteiger partial charge in [0.15, 0.2) is 0 Å². The van der Waals surface area contributed by atoms with Gasteiger partial charge in [-0.05, 0) is 18.2 Å². The first kappa shape index (κ1) is 11.8. The van der Waals surface area contributed by atoms with E-state index in [1.54, 1.807) is 24.5 Å². The second-order valence-electron chi connectivity index (χ2n) is 3.18. The molecular weight excluding hydrogens is 261 g/mol. The fourth-order valence-corrected chi connectivity index (χ4v) is 1.66. The summed E-state index contributed by atoms with van der Waals surface area (Å²) >= 11 is 11.5. The molecule has 0 atom stereocenters. The third-order valence-corrected chi connectivity index (χ3v) is 2.52. The summed E-state index contributed by atoms with van der Waals surface area (Å²) in [6, 6.07) is 4.77. The van der Waals surface area contributed by atoms with Crippen LogP contribution in [0.1, 0.15) is 10.4 Å². The van der Waals surface area contributed by atoms with E-state index in [-0.39, 0.29) is 21.6 Å². The van der Waals surface area contributed by atoms with Gasteiger partial charge in [0.25, 0.3) is 5.91 Å². The van der Waals surface area contributed by atoms with Gasteiger partial charge in [0, 0.05) is 24.3 Å². The highest BCUT2D eigenvalue weighted by molar-refractivity contribution is 6.36. The van der Waals surface area contributed by atoms with Gasteiger partial charge in [0.1, 0.15) is 5.15 Å². The van der Waals surface area contributed by atoms with Crippen molar-refractivity contribution in [1.82, 2.24) is 9.97 Å². The average molecular weight is 268 g/mol. The van der Waals surface area contributed by atoms with Crippen LogP contribution in [0.4, 0.5) is 5.69 Å². The minimum atomic E-state index is -0.342. The fraction of sp³-hybridized carbons (Fsp3) is 0. The summed E-state index contributed by atoms with van der Waals surface area (Å²) in [6.07, 6.45) is 4.50. The molecule has 1 amide bonds. The molecule has 0 spiro atoms. The molecule has 0 saturated heterocycles. The van der Waals surface area contributed by atoms with Gasteiger partial charge in [-0.3, -0.25) is 9.78 Å². The normalized spacial score (nSPS) is 10.0. The lowest BCUT2D eigenvalue weighted by atomic mass is 10.2. The minimum Gasteiger partial charge on any atom is -0.322 e. The van der Waals surface area contributed by atoms with Crippen LogP contribution >= 0.6 is 23.2 Å². The number of anilines is 1. The number of amides is 1. The van der Waals surface area contributed by atoms with Gasteiger partial charge in [-0.25, -0.2) is 4.98 Å². The van der Waals surface area contributed by atoms with Gasteiger partial charge in [-0.15, -0.1) is 0 Å². The average Bonchev–Trinajstić information content (AvgIpc) is 2.30. The Labute approximate surface area is 108 Å². The smallest absolute Gasteiger partial charge is 0.258 e. The number of nitrogens with one attached hydrogen (secondary N) is 1. The third kappa shape index (κ3) is 2.93. The van der Waals surface area contributed by atoms with Crippen LogP contribution in [0.2, 0.25) is 10.2 Å². The molecule has 86 valence electrons. The van der Waals surface area contributed by atoms with Crippen molar-refractivity contribution in [2.24, 2.45) is 0 Å². The third-order valence-electron chi connectivity index (χ3n) is 2.00. The van der Waals surface area contributed by atoms with Crippen molar-refractivity contribution in [2.75, 3.05) is 5.32 Å². The van der Waals surface area contributed by atoms with Crippen LogP contribution in [0.3, 0.4) is 0 Å². The van der Waals surface area contributed by atoms with Crippen molar-refractivity contribution in [3.05, 3.63) is 52.5 Å². The van der Waals surface area contributed by atoms with E-state index in [0.29, 0.717) is 5.69 Å². The number of rotatable bonds is 2. The van der Waals surface area contributed by atoms with Crippen molar-refractivity contribution in [2.45, 2.75) is 0 Å². The molecule has 2 aromatic rings. The monoisotopic (exact) mass is 267 g/mol. The Bertz CT molecular complexity index is 546. The molecule has 1 N–H and O–H groups in total. The first-order valence-corrected chi connectivity index (χ1v) is 5.45. The highest BCUT2D eigenvalue weighted by atomic mass is 35.5. The molecule has 2 aromatic heterocycles. The van der Waals surface area contributed by atoms with Crippen LogP contribution in [-0.4, -0.2) is 15.9 Å². The zero-order valence-electron chi connectivity index (χ0n) is 8.52. The van der Waals surface area contributed by atoms with Gasteiger partial charge in [0.05, 0.1) is 10.6 Å². The molecular formula is C11H7Cl2N3O. The molecule has 0 aliphatic rings. The quantitative estimate of drug-likeness (QED) is 0.851. The second kappa shape index (κ2) is 5.12. The SMILES string of the molecule is O=C(Nc1ccncc1)c1cnc(Cl)cc1Cl. The Balaban J connectivity index is 2.21. The van der Waals surface area contributed by atoms with Crippen molar-refractivity contribution in [3.63, 3.8) is 0 Å². The number of halogens is 2. The lowest BCUT2D eigenvalue weighted by Crippen LogP contribution is -2.12. The Morgan fingerprint density at radius 3 is 2.59 bits per heavy atom. The van der Waals surface area contributed by atoms with Crippen LogP contribution in [0.25, 0.3) is 0 Å². The number of hydrogen-bond donors (Lipinski definition) is 1. The Morgan fingerprint density at radius 2 is 1.94 bits per heavy atom. The largest absolute Gasteiger partial charge is 0.322 e. The zero-order chi connectivity index (χ0) is 12.3. The molecule has 0 saturated carbocycles. The van der Waals surface area contributed by atoms with E-state index in [1.165, 1.54) is 12.3 Å². The van der Waals surface area contributed by atoms with Crippen molar-refractivity contribution < 1.29 is 4.79 Å².